The van der Waals surface area contributed by atoms with Crippen molar-refractivity contribution in [3.63, 3.8) is 0 Å². The number of ether oxygens (including phenoxy) is 2. The summed E-state index contributed by atoms with van der Waals surface area (Å²) >= 11 is 6.21. The number of nitrogens with one attached hydrogen (secondary N) is 1. The number of anilines is 1. The van der Waals surface area contributed by atoms with Gasteiger partial charge in [0.15, 0.2) is 11.5 Å². The van der Waals surface area contributed by atoms with Gasteiger partial charge >= 0.3 is 0 Å². The average molecular weight is 304 g/mol. The zero-order valence-corrected chi connectivity index (χ0v) is 12.1. The van der Waals surface area contributed by atoms with E-state index in [2.05, 4.69) is 15.3 Å². The van der Waals surface area contributed by atoms with Gasteiger partial charge < -0.3 is 14.8 Å². The van der Waals surface area contributed by atoms with Gasteiger partial charge in [0.05, 0.1) is 5.69 Å². The van der Waals surface area contributed by atoms with Crippen LogP contribution in [-0.4, -0.2) is 16.8 Å². The van der Waals surface area contributed by atoms with Crippen LogP contribution in [0.25, 0.3) is 0 Å². The molecule has 1 aromatic heterocycles. The van der Waals surface area contributed by atoms with E-state index >= 15 is 0 Å². The molecule has 2 aromatic rings. The van der Waals surface area contributed by atoms with E-state index in [-0.39, 0.29) is 6.79 Å². The molecule has 0 saturated carbocycles. The minimum Gasteiger partial charge on any atom is -0.454 e. The van der Waals surface area contributed by atoms with E-state index in [1.165, 1.54) is 0 Å². The molecule has 1 aliphatic carbocycles. The Hall–Kier alpha value is -2.01. The lowest BCUT2D eigenvalue weighted by Gasteiger charge is -2.08. The Kier molecular flexibility index (Phi) is 3.07. The van der Waals surface area contributed by atoms with Crippen LogP contribution in [0.1, 0.15) is 23.2 Å². The van der Waals surface area contributed by atoms with Gasteiger partial charge in [-0.2, -0.15) is 0 Å². The number of aryl methyl sites for hydroxylation is 1. The largest absolute Gasteiger partial charge is 0.454 e. The van der Waals surface area contributed by atoms with E-state index in [1.807, 2.05) is 18.2 Å². The van der Waals surface area contributed by atoms with Gasteiger partial charge in [-0.15, -0.1) is 0 Å². The standard InChI is InChI=1S/C15H14ClN3O2/c16-14-10-2-1-3-11(10)18-15(19-14)17-7-9-4-5-12-13(6-9)21-8-20-12/h4-6H,1-3,7-8H2,(H,17,18,19). The second-order valence-electron chi connectivity index (χ2n) is 5.16. The van der Waals surface area contributed by atoms with Gasteiger partial charge in [-0.05, 0) is 37.0 Å². The Morgan fingerprint density at radius 3 is 3.00 bits per heavy atom. The van der Waals surface area contributed by atoms with Gasteiger partial charge in [-0.3, -0.25) is 0 Å². The Bertz CT molecular complexity index is 706. The third-order valence-corrected chi connectivity index (χ3v) is 4.08. The number of rotatable bonds is 3. The maximum atomic E-state index is 6.21. The first kappa shape index (κ1) is 12.7. The molecule has 2 aliphatic rings. The molecule has 5 nitrogen and oxygen atoms in total. The van der Waals surface area contributed by atoms with Gasteiger partial charge in [-0.25, -0.2) is 9.97 Å². The molecule has 108 valence electrons. The number of aromatic nitrogens is 2. The van der Waals surface area contributed by atoms with Crippen molar-refractivity contribution in [2.24, 2.45) is 0 Å². The molecule has 6 heteroatoms. The molecule has 0 amide bonds. The van der Waals surface area contributed by atoms with Crippen molar-refractivity contribution >= 4 is 17.5 Å². The van der Waals surface area contributed by atoms with Crippen molar-refractivity contribution in [3.05, 3.63) is 40.2 Å². The first-order valence-electron chi connectivity index (χ1n) is 6.97. The van der Waals surface area contributed by atoms with Crippen molar-refractivity contribution in [1.82, 2.24) is 9.97 Å². The molecule has 1 N–H and O–H groups in total. The van der Waals surface area contributed by atoms with Gasteiger partial charge in [0, 0.05) is 12.1 Å². The van der Waals surface area contributed by atoms with E-state index in [0.717, 1.165) is 47.6 Å². The molecule has 0 bridgehead atoms. The van der Waals surface area contributed by atoms with Gasteiger partial charge in [0.2, 0.25) is 12.7 Å². The Morgan fingerprint density at radius 1 is 1.14 bits per heavy atom. The third kappa shape index (κ3) is 2.38. The topological polar surface area (TPSA) is 56.3 Å². The van der Waals surface area contributed by atoms with Gasteiger partial charge in [0.1, 0.15) is 5.15 Å². The lowest BCUT2D eigenvalue weighted by Crippen LogP contribution is -2.06. The van der Waals surface area contributed by atoms with Gasteiger partial charge in [-0.1, -0.05) is 17.7 Å². The highest BCUT2D eigenvalue weighted by atomic mass is 35.5. The Labute approximate surface area is 127 Å². The average Bonchev–Trinajstić information content (AvgIpc) is 3.13. The molecule has 0 atom stereocenters. The van der Waals surface area contributed by atoms with Gasteiger partial charge in [0.25, 0.3) is 0 Å². The van der Waals surface area contributed by atoms with Crippen molar-refractivity contribution in [2.45, 2.75) is 25.8 Å². The first-order chi connectivity index (χ1) is 10.3. The highest BCUT2D eigenvalue weighted by molar-refractivity contribution is 6.30. The van der Waals surface area contributed by atoms with Crippen LogP contribution in [0.3, 0.4) is 0 Å². The van der Waals surface area contributed by atoms with Crippen molar-refractivity contribution in [2.75, 3.05) is 12.1 Å². The predicted molar refractivity (Wildman–Crippen MR) is 79.0 cm³/mol. The monoisotopic (exact) mass is 303 g/mol. The zero-order chi connectivity index (χ0) is 14.2. The maximum absolute atomic E-state index is 6.21. The number of nitrogens with zero attached hydrogens (tertiary/aromatic N) is 2. The van der Waals surface area contributed by atoms with Crippen LogP contribution >= 0.6 is 11.6 Å². The van der Waals surface area contributed by atoms with Crippen LogP contribution in [0.2, 0.25) is 5.15 Å². The molecule has 0 fully saturated rings. The Balaban J connectivity index is 1.51. The highest BCUT2D eigenvalue weighted by Crippen LogP contribution is 2.32. The van der Waals surface area contributed by atoms with Crippen LogP contribution in [-0.2, 0) is 19.4 Å². The van der Waals surface area contributed by atoms with E-state index in [4.69, 9.17) is 21.1 Å². The summed E-state index contributed by atoms with van der Waals surface area (Å²) in [5.74, 6) is 2.15. The number of hydrogen-bond acceptors (Lipinski definition) is 5. The molecule has 1 aliphatic heterocycles. The van der Waals surface area contributed by atoms with Crippen molar-refractivity contribution in [1.29, 1.82) is 0 Å². The first-order valence-corrected chi connectivity index (χ1v) is 7.35. The minimum atomic E-state index is 0.287. The minimum absolute atomic E-state index is 0.287. The number of halogens is 1. The van der Waals surface area contributed by atoms with Crippen LogP contribution in [0, 0.1) is 0 Å². The SMILES string of the molecule is Clc1nc(NCc2ccc3c(c2)OCO3)nc2c1CCC2. The fourth-order valence-electron chi connectivity index (χ4n) is 2.70. The van der Waals surface area contributed by atoms with Crippen molar-refractivity contribution in [3.8, 4) is 11.5 Å². The summed E-state index contributed by atoms with van der Waals surface area (Å²) in [6.45, 7) is 0.904. The summed E-state index contributed by atoms with van der Waals surface area (Å²) in [7, 11) is 0. The van der Waals surface area contributed by atoms with Crippen LogP contribution < -0.4 is 14.8 Å². The molecule has 21 heavy (non-hydrogen) atoms. The molecule has 0 spiro atoms. The fourth-order valence-corrected chi connectivity index (χ4v) is 2.98. The van der Waals surface area contributed by atoms with Crippen molar-refractivity contribution < 1.29 is 9.47 Å². The van der Waals surface area contributed by atoms with Crippen LogP contribution in [0.5, 0.6) is 11.5 Å². The molecule has 1 aromatic carbocycles. The van der Waals surface area contributed by atoms with Crippen LogP contribution in [0.15, 0.2) is 18.2 Å². The molecule has 0 saturated heterocycles. The summed E-state index contributed by atoms with van der Waals surface area (Å²) in [6.07, 6.45) is 3.07. The molecule has 0 radical (unpaired) electrons. The highest BCUT2D eigenvalue weighted by Gasteiger charge is 2.18. The summed E-state index contributed by atoms with van der Waals surface area (Å²) in [5.41, 5.74) is 3.26. The molecule has 0 unspecified atom stereocenters. The number of fused-ring (bicyclic) bond motifs is 2. The lowest BCUT2D eigenvalue weighted by molar-refractivity contribution is 0.174. The lowest BCUT2D eigenvalue weighted by atomic mass is 10.2. The predicted octanol–water partition coefficient (Wildman–Crippen LogP) is 2.96. The smallest absolute Gasteiger partial charge is 0.231 e. The van der Waals surface area contributed by atoms with E-state index in [1.54, 1.807) is 0 Å². The summed E-state index contributed by atoms with van der Waals surface area (Å²) in [6, 6.07) is 5.87. The maximum Gasteiger partial charge on any atom is 0.231 e. The summed E-state index contributed by atoms with van der Waals surface area (Å²) in [5, 5.41) is 3.79. The molecule has 4 rings (SSSR count). The second kappa shape index (κ2) is 5.07. The fraction of sp³-hybridized carbons (Fsp3) is 0.333. The molecule has 2 heterocycles. The van der Waals surface area contributed by atoms with E-state index in [0.29, 0.717) is 17.6 Å². The number of benzene rings is 1. The summed E-state index contributed by atoms with van der Waals surface area (Å²) in [4.78, 5) is 8.86. The second-order valence-corrected chi connectivity index (χ2v) is 5.52. The molecular formula is C15H14ClN3O2. The zero-order valence-electron chi connectivity index (χ0n) is 11.4. The van der Waals surface area contributed by atoms with E-state index in [9.17, 15) is 0 Å². The normalized spacial score (nSPS) is 15.1. The van der Waals surface area contributed by atoms with E-state index < -0.39 is 0 Å². The third-order valence-electron chi connectivity index (χ3n) is 3.77. The summed E-state index contributed by atoms with van der Waals surface area (Å²) < 4.78 is 10.7. The Morgan fingerprint density at radius 2 is 2.05 bits per heavy atom. The quantitative estimate of drug-likeness (QED) is 0.884. The van der Waals surface area contributed by atoms with Crippen LogP contribution in [0.4, 0.5) is 5.95 Å². The molecular weight excluding hydrogens is 290 g/mol. The number of hydrogen-bond donors (Lipinski definition) is 1.